The topological polar surface area (TPSA) is 158 Å². The lowest BCUT2D eigenvalue weighted by atomic mass is 9.88. The molecule has 5 N–H and O–H groups in total. The van der Waals surface area contributed by atoms with Crippen LogP contribution in [0.5, 0.6) is 5.75 Å². The second-order valence-electron chi connectivity index (χ2n) is 15.4. The first kappa shape index (κ1) is 40.9. The number of carbonyl (C=O) groups is 1. The van der Waals surface area contributed by atoms with E-state index in [0.29, 0.717) is 88.6 Å². The smallest absolute Gasteiger partial charge is 0.423 e. The number of benzene rings is 4. The number of alkyl halides is 3. The number of hydrogen-bond acceptors (Lipinski definition) is 8. The molecule has 4 aromatic carbocycles. The number of nitrogens with one attached hydrogen (secondary N) is 4. The van der Waals surface area contributed by atoms with E-state index < -0.39 is 33.8 Å². The van der Waals surface area contributed by atoms with Crippen molar-refractivity contribution in [3.63, 3.8) is 0 Å². The van der Waals surface area contributed by atoms with Gasteiger partial charge < -0.3 is 35.2 Å². The highest BCUT2D eigenvalue weighted by atomic mass is 19.4. The molecule has 0 unspecified atom stereocenters. The van der Waals surface area contributed by atoms with Crippen LogP contribution in [0.2, 0.25) is 0 Å². The molecule has 1 fully saturated rings. The zero-order valence-corrected chi connectivity index (χ0v) is 32.6. The summed E-state index contributed by atoms with van der Waals surface area (Å²) < 4.78 is 66.3. The number of rotatable bonds is 15. The summed E-state index contributed by atoms with van der Waals surface area (Å²) in [6.45, 7) is 5.14. The molecule has 2 aliphatic rings. The monoisotopic (exact) mass is 828 g/mol. The van der Waals surface area contributed by atoms with E-state index in [1.807, 2.05) is 36.4 Å². The van der Waals surface area contributed by atoms with Gasteiger partial charge in [0.2, 0.25) is 0 Å². The van der Waals surface area contributed by atoms with Crippen LogP contribution < -0.4 is 15.4 Å². The molecule has 0 spiro atoms. The fourth-order valence-electron chi connectivity index (χ4n) is 8.18. The third-order valence-corrected chi connectivity index (χ3v) is 11.3. The van der Waals surface area contributed by atoms with Crippen LogP contribution in [-0.2, 0) is 36.0 Å². The largest absolute Gasteiger partial charge is 0.491 e. The molecule has 0 saturated carbocycles. The van der Waals surface area contributed by atoms with Crippen LogP contribution in [0.3, 0.4) is 0 Å². The highest BCUT2D eigenvalue weighted by molar-refractivity contribution is 6.10. The third-order valence-electron chi connectivity index (χ3n) is 11.3. The lowest BCUT2D eigenvalue weighted by Gasteiger charge is -2.37. The molecule has 0 aliphatic carbocycles. The number of aromatic nitrogens is 2. The van der Waals surface area contributed by atoms with Gasteiger partial charge in [-0.3, -0.25) is 19.8 Å². The number of carbonyl (C=O) groups excluding carboxylic acids is 1. The summed E-state index contributed by atoms with van der Waals surface area (Å²) in [4.78, 5) is 31.2. The van der Waals surface area contributed by atoms with E-state index in [1.54, 1.807) is 0 Å². The van der Waals surface area contributed by atoms with Gasteiger partial charge in [0, 0.05) is 78.6 Å². The highest BCUT2D eigenvalue weighted by Gasteiger charge is 2.40. The summed E-state index contributed by atoms with van der Waals surface area (Å²) in [5, 5.41) is 30.1. The van der Waals surface area contributed by atoms with Crippen LogP contribution in [0.1, 0.15) is 57.6 Å². The number of nitro benzene ring substituents is 1. The molecule has 1 amide bonds. The summed E-state index contributed by atoms with van der Waals surface area (Å²) in [6.07, 6.45) is -2.72. The van der Waals surface area contributed by atoms with Gasteiger partial charge in [-0.2, -0.15) is 13.2 Å². The Morgan fingerprint density at radius 3 is 2.40 bits per heavy atom. The van der Waals surface area contributed by atoms with Crippen molar-refractivity contribution in [2.24, 2.45) is 0 Å². The molecular weight excluding hydrogens is 785 g/mol. The maximum atomic E-state index is 14.2. The molecule has 4 heterocycles. The lowest BCUT2D eigenvalue weighted by molar-refractivity contribution is -0.387. The Balaban J connectivity index is 0.720. The second kappa shape index (κ2) is 17.0. The average Bonchev–Trinajstić information content (AvgIpc) is 3.78. The molecule has 1 saturated heterocycles. The van der Waals surface area contributed by atoms with Crippen LogP contribution in [-0.4, -0.2) is 76.8 Å². The molecule has 8 rings (SSSR count). The number of nitrogens with zero attached hydrogens (tertiary/aromatic N) is 2. The van der Waals surface area contributed by atoms with Crippen LogP contribution in [0.25, 0.3) is 33.1 Å². The number of nitro groups is 1. The van der Waals surface area contributed by atoms with Gasteiger partial charge in [-0.25, -0.2) is 4.39 Å². The average molecular weight is 829 g/mol. The Kier molecular flexibility index (Phi) is 11.6. The molecule has 60 heavy (non-hydrogen) atoms. The number of aliphatic hydroxyl groups is 1. The molecule has 0 bridgehead atoms. The molecule has 12 nitrogen and oxygen atoms in total. The zero-order valence-electron chi connectivity index (χ0n) is 32.6. The predicted molar refractivity (Wildman–Crippen MR) is 217 cm³/mol. The number of H-pyrrole nitrogens is 2. The molecule has 0 atom stereocenters. The predicted octanol–water partition coefficient (Wildman–Crippen LogP) is 7.73. The van der Waals surface area contributed by atoms with Crippen LogP contribution >= 0.6 is 0 Å². The lowest BCUT2D eigenvalue weighted by Crippen LogP contribution is -2.42. The molecule has 314 valence electrons. The van der Waals surface area contributed by atoms with Gasteiger partial charge in [-0.05, 0) is 90.9 Å². The Morgan fingerprint density at radius 1 is 0.917 bits per heavy atom. The third kappa shape index (κ3) is 8.87. The summed E-state index contributed by atoms with van der Waals surface area (Å²) in [5.74, 6) is 0.0195. The summed E-state index contributed by atoms with van der Waals surface area (Å²) >= 11 is 0. The molecule has 6 aromatic rings. The zero-order chi connectivity index (χ0) is 42.0. The number of aromatic amines is 2. The van der Waals surface area contributed by atoms with E-state index in [1.165, 1.54) is 18.2 Å². The van der Waals surface area contributed by atoms with Crippen LogP contribution in [0.15, 0.2) is 78.9 Å². The van der Waals surface area contributed by atoms with Gasteiger partial charge in [0.1, 0.15) is 29.3 Å². The van der Waals surface area contributed by atoms with Crippen molar-refractivity contribution in [2.45, 2.75) is 50.6 Å². The Morgan fingerprint density at radius 2 is 1.67 bits per heavy atom. The normalized spacial score (nSPS) is 15.7. The standard InChI is InChI=1S/C44H44F4N6O6/c45-31-22-34-40-33(10-14-50-42(34)55)41(52-37(40)23-31)29-6-2-27(3-7-29)25-49-13-1-17-59-18-19-60-32-8-4-28(5-9-32)26-53-15-11-43(56,12-16-53)39-21-30-20-38(54(57)58)35(44(46,47)48)24-36(30)51-39/h2-9,20-24,49,51-52,56H,1,10-19,25-26H2,(H,50,55). The number of amides is 1. The highest BCUT2D eigenvalue weighted by Crippen LogP contribution is 2.41. The van der Waals surface area contributed by atoms with E-state index in [0.717, 1.165) is 64.2 Å². The number of halogens is 4. The van der Waals surface area contributed by atoms with Gasteiger partial charge in [-0.1, -0.05) is 36.4 Å². The Hall–Kier alpha value is -5.81. The fraction of sp³-hybridized carbons (Fsp3) is 0.341. The number of hydrogen-bond donors (Lipinski definition) is 5. The number of fused-ring (bicyclic) bond motifs is 1. The fourth-order valence-corrected chi connectivity index (χ4v) is 8.18. The van der Waals surface area contributed by atoms with Gasteiger partial charge in [0.25, 0.3) is 11.6 Å². The SMILES string of the molecule is O=C1NCCc2c(-c3ccc(CNCCCOCCOc4ccc(CN5CCC(O)(c6cc7cc([N+](=O)[O-])c(C(F)(F)F)cc7[nH]6)CC5)cc4)cc3)[nH]c3cc(F)cc1c23. The number of piperidine rings is 1. The summed E-state index contributed by atoms with van der Waals surface area (Å²) in [7, 11) is 0. The molecule has 2 aliphatic heterocycles. The van der Waals surface area contributed by atoms with E-state index in [4.69, 9.17) is 9.47 Å². The number of likely N-dealkylation sites (tertiary alicyclic amines) is 1. The first-order valence-electron chi connectivity index (χ1n) is 19.9. The Bertz CT molecular complexity index is 2510. The minimum atomic E-state index is -4.89. The van der Waals surface area contributed by atoms with Crippen LogP contribution in [0, 0.1) is 15.9 Å². The van der Waals surface area contributed by atoms with Gasteiger partial charge in [-0.15, -0.1) is 0 Å². The second-order valence-corrected chi connectivity index (χ2v) is 15.4. The van der Waals surface area contributed by atoms with Crippen molar-refractivity contribution < 1.29 is 41.9 Å². The van der Waals surface area contributed by atoms with Crippen molar-refractivity contribution in [2.75, 3.05) is 46.0 Å². The molecule has 16 heteroatoms. The van der Waals surface area contributed by atoms with Crippen molar-refractivity contribution in [1.29, 1.82) is 0 Å². The molecule has 0 radical (unpaired) electrons. The van der Waals surface area contributed by atoms with Crippen molar-refractivity contribution in [1.82, 2.24) is 25.5 Å². The minimum absolute atomic E-state index is 0.0827. The van der Waals surface area contributed by atoms with Crippen molar-refractivity contribution in [3.8, 4) is 17.0 Å². The van der Waals surface area contributed by atoms with Gasteiger partial charge in [0.05, 0.1) is 17.1 Å². The number of ether oxygens (including phenoxy) is 2. The van der Waals surface area contributed by atoms with Gasteiger partial charge >= 0.3 is 6.18 Å². The van der Waals surface area contributed by atoms with Crippen molar-refractivity contribution in [3.05, 3.63) is 128 Å². The quantitative estimate of drug-likeness (QED) is 0.0305. The van der Waals surface area contributed by atoms with E-state index in [2.05, 4.69) is 37.6 Å². The van der Waals surface area contributed by atoms with E-state index >= 15 is 0 Å². The maximum absolute atomic E-state index is 14.2. The maximum Gasteiger partial charge on any atom is 0.423 e. The van der Waals surface area contributed by atoms with E-state index in [9.17, 15) is 37.6 Å². The molecule has 2 aromatic heterocycles. The molecular formula is C44H44F4N6O6. The Labute approximate surface area is 342 Å². The minimum Gasteiger partial charge on any atom is -0.491 e. The first-order valence-corrected chi connectivity index (χ1v) is 19.9. The van der Waals surface area contributed by atoms with Gasteiger partial charge in [0.15, 0.2) is 0 Å². The van der Waals surface area contributed by atoms with Crippen molar-refractivity contribution >= 4 is 33.4 Å². The summed E-state index contributed by atoms with van der Waals surface area (Å²) in [6, 6.07) is 21.9. The first-order chi connectivity index (χ1) is 28.8. The van der Waals surface area contributed by atoms with E-state index in [-0.39, 0.29) is 16.8 Å². The van der Waals surface area contributed by atoms with Crippen LogP contribution in [0.4, 0.5) is 23.2 Å². The summed E-state index contributed by atoms with van der Waals surface area (Å²) in [5.41, 5.74) is 2.85.